The Bertz CT molecular complexity index is 1160. The van der Waals surface area contributed by atoms with Crippen LogP contribution in [0, 0.1) is 0 Å². The van der Waals surface area contributed by atoms with Gasteiger partial charge in [0.15, 0.2) is 0 Å². The molecule has 0 aromatic heterocycles. The van der Waals surface area contributed by atoms with Crippen LogP contribution < -0.4 is 10.1 Å². The molecule has 9 heteroatoms. The standard InChI is InChI=1S/C26H23NO8/c1-2-33-20-15-13-19(14-16-20)27-23(28)21(34-25(31)17-9-5-3-6-10-17)22(24(29)30)35-26(32)18-11-7-4-8-12-18/h3-16,21-22H,2H2,1H3,(H,27,28)(H,29,30)/t21-,22-/m1/s1. The van der Waals surface area contributed by atoms with Gasteiger partial charge in [-0.05, 0) is 55.5 Å². The minimum atomic E-state index is -2.11. The fourth-order valence-electron chi connectivity index (χ4n) is 3.02. The Labute approximate surface area is 201 Å². The average molecular weight is 477 g/mol. The van der Waals surface area contributed by atoms with Gasteiger partial charge in [-0.1, -0.05) is 36.4 Å². The van der Waals surface area contributed by atoms with E-state index in [1.165, 1.54) is 36.4 Å². The van der Waals surface area contributed by atoms with Crippen molar-refractivity contribution >= 4 is 29.5 Å². The van der Waals surface area contributed by atoms with Crippen molar-refractivity contribution < 1.29 is 38.5 Å². The molecular formula is C26H23NO8. The number of rotatable bonds is 10. The van der Waals surface area contributed by atoms with Gasteiger partial charge in [-0.25, -0.2) is 14.4 Å². The molecule has 0 fully saturated rings. The van der Waals surface area contributed by atoms with Gasteiger partial charge >= 0.3 is 17.9 Å². The van der Waals surface area contributed by atoms with Gasteiger partial charge in [0.2, 0.25) is 12.2 Å². The predicted molar refractivity (Wildman–Crippen MR) is 125 cm³/mol. The van der Waals surface area contributed by atoms with Crippen LogP contribution in [0.15, 0.2) is 84.9 Å². The van der Waals surface area contributed by atoms with Crippen LogP contribution in [0.2, 0.25) is 0 Å². The lowest BCUT2D eigenvalue weighted by Crippen LogP contribution is -2.48. The summed E-state index contributed by atoms with van der Waals surface area (Å²) in [6, 6.07) is 21.6. The van der Waals surface area contributed by atoms with Crippen molar-refractivity contribution in [2.75, 3.05) is 11.9 Å². The van der Waals surface area contributed by atoms with E-state index in [1.807, 2.05) is 6.92 Å². The van der Waals surface area contributed by atoms with Crippen molar-refractivity contribution in [2.45, 2.75) is 19.1 Å². The van der Waals surface area contributed by atoms with Crippen LogP contribution in [-0.2, 0) is 19.1 Å². The molecule has 3 aromatic carbocycles. The van der Waals surface area contributed by atoms with Gasteiger partial charge in [0.25, 0.3) is 5.91 Å². The van der Waals surface area contributed by atoms with E-state index in [2.05, 4.69) is 5.32 Å². The molecule has 1 amide bonds. The average Bonchev–Trinajstić information content (AvgIpc) is 2.88. The number of benzene rings is 3. The summed E-state index contributed by atoms with van der Waals surface area (Å²) in [5.41, 5.74) is 0.446. The fourth-order valence-corrected chi connectivity index (χ4v) is 3.02. The van der Waals surface area contributed by atoms with Crippen molar-refractivity contribution in [1.29, 1.82) is 0 Å². The van der Waals surface area contributed by atoms with Crippen molar-refractivity contribution in [2.24, 2.45) is 0 Å². The van der Waals surface area contributed by atoms with Crippen molar-refractivity contribution in [1.82, 2.24) is 0 Å². The second kappa shape index (κ2) is 12.0. The summed E-state index contributed by atoms with van der Waals surface area (Å²) in [5.74, 6) is -4.04. The monoisotopic (exact) mass is 477 g/mol. The molecule has 3 rings (SSSR count). The summed E-state index contributed by atoms with van der Waals surface area (Å²) in [4.78, 5) is 50.3. The van der Waals surface area contributed by atoms with E-state index in [0.29, 0.717) is 12.4 Å². The van der Waals surface area contributed by atoms with Crippen LogP contribution >= 0.6 is 0 Å². The second-order valence-electron chi connectivity index (χ2n) is 7.17. The van der Waals surface area contributed by atoms with Gasteiger partial charge in [0.05, 0.1) is 17.7 Å². The number of hydrogen-bond donors (Lipinski definition) is 2. The summed E-state index contributed by atoms with van der Waals surface area (Å²) in [6.07, 6.45) is -4.10. The molecule has 0 radical (unpaired) electrons. The van der Waals surface area contributed by atoms with Crippen LogP contribution in [0.3, 0.4) is 0 Å². The smallest absolute Gasteiger partial charge is 0.349 e. The molecule has 0 saturated carbocycles. The maximum Gasteiger partial charge on any atom is 0.349 e. The molecule has 0 aliphatic rings. The van der Waals surface area contributed by atoms with Crippen LogP contribution in [0.5, 0.6) is 5.75 Å². The van der Waals surface area contributed by atoms with Gasteiger partial charge in [-0.3, -0.25) is 4.79 Å². The molecule has 0 aliphatic carbocycles. The molecule has 0 spiro atoms. The molecule has 2 atom stereocenters. The quantitative estimate of drug-likeness (QED) is 0.424. The predicted octanol–water partition coefficient (Wildman–Crippen LogP) is 3.56. The number of carbonyl (C=O) groups excluding carboxylic acids is 3. The Morgan fingerprint density at radius 1 is 0.743 bits per heavy atom. The summed E-state index contributed by atoms with van der Waals surface area (Å²) in [6.45, 7) is 2.28. The molecule has 3 aromatic rings. The first-order chi connectivity index (χ1) is 16.9. The Morgan fingerprint density at radius 2 is 1.23 bits per heavy atom. The van der Waals surface area contributed by atoms with Gasteiger partial charge in [0, 0.05) is 5.69 Å². The zero-order valence-corrected chi connectivity index (χ0v) is 18.7. The van der Waals surface area contributed by atoms with Crippen molar-refractivity contribution in [3.63, 3.8) is 0 Å². The van der Waals surface area contributed by atoms with E-state index in [9.17, 15) is 24.3 Å². The first-order valence-electron chi connectivity index (χ1n) is 10.7. The number of carboxylic acid groups (broad SMARTS) is 1. The highest BCUT2D eigenvalue weighted by atomic mass is 16.6. The first-order valence-corrected chi connectivity index (χ1v) is 10.7. The molecular weight excluding hydrogens is 454 g/mol. The van der Waals surface area contributed by atoms with E-state index >= 15 is 0 Å². The number of esters is 2. The Kier molecular flexibility index (Phi) is 8.55. The summed E-state index contributed by atoms with van der Waals surface area (Å²) < 4.78 is 15.7. The van der Waals surface area contributed by atoms with E-state index in [-0.39, 0.29) is 16.8 Å². The van der Waals surface area contributed by atoms with Crippen molar-refractivity contribution in [3.8, 4) is 5.75 Å². The third kappa shape index (κ3) is 6.91. The number of amides is 1. The lowest BCUT2D eigenvalue weighted by molar-refractivity contribution is -0.157. The highest BCUT2D eigenvalue weighted by Gasteiger charge is 2.41. The minimum absolute atomic E-state index is 0.0683. The fraction of sp³-hybridized carbons (Fsp3) is 0.154. The third-order valence-electron chi connectivity index (χ3n) is 4.70. The maximum atomic E-state index is 13.1. The van der Waals surface area contributed by atoms with E-state index in [4.69, 9.17) is 14.2 Å². The van der Waals surface area contributed by atoms with Gasteiger partial charge < -0.3 is 24.6 Å². The largest absolute Gasteiger partial charge is 0.494 e. The van der Waals surface area contributed by atoms with Crippen LogP contribution in [0.4, 0.5) is 5.69 Å². The molecule has 35 heavy (non-hydrogen) atoms. The number of anilines is 1. The highest BCUT2D eigenvalue weighted by molar-refractivity contribution is 6.01. The summed E-state index contributed by atoms with van der Waals surface area (Å²) in [7, 11) is 0. The highest BCUT2D eigenvalue weighted by Crippen LogP contribution is 2.18. The zero-order valence-electron chi connectivity index (χ0n) is 18.7. The van der Waals surface area contributed by atoms with Crippen LogP contribution in [0.25, 0.3) is 0 Å². The normalized spacial score (nSPS) is 12.0. The molecule has 0 aliphatic heterocycles. The summed E-state index contributed by atoms with van der Waals surface area (Å²) in [5, 5.41) is 12.3. The van der Waals surface area contributed by atoms with E-state index < -0.39 is 36.0 Å². The van der Waals surface area contributed by atoms with Gasteiger partial charge in [-0.15, -0.1) is 0 Å². The number of carboxylic acids is 1. The molecule has 0 saturated heterocycles. The zero-order chi connectivity index (χ0) is 25.2. The second-order valence-corrected chi connectivity index (χ2v) is 7.17. The first kappa shape index (κ1) is 25.0. The Balaban J connectivity index is 1.87. The molecule has 2 N–H and O–H groups in total. The topological polar surface area (TPSA) is 128 Å². The van der Waals surface area contributed by atoms with Crippen molar-refractivity contribution in [3.05, 3.63) is 96.1 Å². The number of carbonyl (C=O) groups is 4. The lowest BCUT2D eigenvalue weighted by atomic mass is 10.1. The van der Waals surface area contributed by atoms with Crippen LogP contribution in [-0.4, -0.2) is 47.7 Å². The SMILES string of the molecule is CCOc1ccc(NC(=O)[C@H](OC(=O)c2ccccc2)[C@@H](OC(=O)c2ccccc2)C(=O)O)cc1. The maximum absolute atomic E-state index is 13.1. The lowest BCUT2D eigenvalue weighted by Gasteiger charge is -2.23. The van der Waals surface area contributed by atoms with Gasteiger partial charge in [-0.2, -0.15) is 0 Å². The Morgan fingerprint density at radius 3 is 1.69 bits per heavy atom. The summed E-state index contributed by atoms with van der Waals surface area (Å²) >= 11 is 0. The number of ether oxygens (including phenoxy) is 3. The minimum Gasteiger partial charge on any atom is -0.494 e. The third-order valence-corrected chi connectivity index (χ3v) is 4.70. The number of aliphatic carboxylic acids is 1. The molecule has 0 unspecified atom stereocenters. The van der Waals surface area contributed by atoms with Crippen LogP contribution in [0.1, 0.15) is 27.6 Å². The molecule has 0 heterocycles. The molecule has 0 bridgehead atoms. The Hall–Kier alpha value is -4.66. The van der Waals surface area contributed by atoms with Gasteiger partial charge in [0.1, 0.15) is 5.75 Å². The molecule has 9 nitrogen and oxygen atoms in total. The molecule has 180 valence electrons. The number of hydrogen-bond acceptors (Lipinski definition) is 7. The van der Waals surface area contributed by atoms with E-state index in [1.54, 1.807) is 48.5 Å². The van der Waals surface area contributed by atoms with E-state index in [0.717, 1.165) is 0 Å². The number of nitrogens with one attached hydrogen (secondary N) is 1.